The molecule has 2 aliphatic rings. The van der Waals surface area contributed by atoms with Gasteiger partial charge in [-0.3, -0.25) is 5.32 Å². The zero-order chi connectivity index (χ0) is 15.1. The van der Waals surface area contributed by atoms with Crippen molar-refractivity contribution in [1.29, 1.82) is 0 Å². The Morgan fingerprint density at radius 2 is 2.10 bits per heavy atom. The lowest BCUT2D eigenvalue weighted by molar-refractivity contribution is -0.193. The fourth-order valence-corrected chi connectivity index (χ4v) is 3.94. The second kappa shape index (κ2) is 5.57. The summed E-state index contributed by atoms with van der Waals surface area (Å²) < 4.78 is 54.0. The quantitative estimate of drug-likeness (QED) is 0.702. The van der Waals surface area contributed by atoms with Crippen molar-refractivity contribution in [3.8, 4) is 0 Å². The lowest BCUT2D eigenvalue weighted by Crippen LogP contribution is -2.64. The van der Waals surface area contributed by atoms with E-state index in [-0.39, 0.29) is 19.3 Å². The molecule has 3 N–H and O–H groups in total. The highest BCUT2D eigenvalue weighted by molar-refractivity contribution is 9.11. The van der Waals surface area contributed by atoms with Gasteiger partial charge in [-0.15, -0.1) is 0 Å². The number of piperidine rings is 1. The Morgan fingerprint density at radius 1 is 1.45 bits per heavy atom. The van der Waals surface area contributed by atoms with Crippen molar-refractivity contribution in [3.05, 3.63) is 10.6 Å². The predicted octanol–water partition coefficient (Wildman–Crippen LogP) is 3.62. The number of nitrogens with one attached hydrogen (secondary N) is 1. The molecular formula is C13H19BrF4N2. The van der Waals surface area contributed by atoms with Gasteiger partial charge in [0.15, 0.2) is 0 Å². The molecule has 0 bridgehead atoms. The van der Waals surface area contributed by atoms with E-state index >= 15 is 0 Å². The van der Waals surface area contributed by atoms with Gasteiger partial charge in [0.05, 0.1) is 12.1 Å². The van der Waals surface area contributed by atoms with Crippen LogP contribution in [0.25, 0.3) is 0 Å². The minimum Gasteiger partial charge on any atom is -0.316 e. The number of hydrogen-bond donors (Lipinski definition) is 2. The van der Waals surface area contributed by atoms with Gasteiger partial charge in [0.25, 0.3) is 0 Å². The molecule has 2 rings (SSSR count). The van der Waals surface area contributed by atoms with E-state index < -0.39 is 35.9 Å². The van der Waals surface area contributed by atoms with E-state index in [0.717, 1.165) is 4.48 Å². The number of alkyl halides is 4. The summed E-state index contributed by atoms with van der Waals surface area (Å²) in [6, 6.07) is 0. The van der Waals surface area contributed by atoms with E-state index in [9.17, 15) is 17.6 Å². The molecule has 0 aromatic rings. The molecule has 0 aromatic carbocycles. The number of rotatable bonds is 1. The monoisotopic (exact) mass is 358 g/mol. The van der Waals surface area contributed by atoms with Crippen molar-refractivity contribution in [2.45, 2.75) is 56.7 Å². The lowest BCUT2D eigenvalue weighted by atomic mass is 9.69. The van der Waals surface area contributed by atoms with Crippen molar-refractivity contribution < 1.29 is 17.6 Å². The molecule has 0 saturated carbocycles. The van der Waals surface area contributed by atoms with Crippen LogP contribution in [0.1, 0.15) is 32.6 Å². The fourth-order valence-electron chi connectivity index (χ4n) is 3.40. The molecule has 0 radical (unpaired) electrons. The highest BCUT2D eigenvalue weighted by atomic mass is 79.9. The van der Waals surface area contributed by atoms with Gasteiger partial charge < -0.3 is 5.73 Å². The van der Waals surface area contributed by atoms with E-state index in [1.165, 1.54) is 0 Å². The van der Waals surface area contributed by atoms with Crippen LogP contribution in [0.5, 0.6) is 0 Å². The Labute approximate surface area is 124 Å². The van der Waals surface area contributed by atoms with E-state index in [0.29, 0.717) is 6.42 Å². The minimum absolute atomic E-state index is 0.129. The van der Waals surface area contributed by atoms with Crippen molar-refractivity contribution in [2.75, 3.05) is 0 Å². The first-order chi connectivity index (χ1) is 9.12. The highest BCUT2D eigenvalue weighted by Crippen LogP contribution is 2.45. The summed E-state index contributed by atoms with van der Waals surface area (Å²) >= 11 is 3.33. The average Bonchev–Trinajstić information content (AvgIpc) is 2.30. The van der Waals surface area contributed by atoms with Gasteiger partial charge >= 0.3 is 6.18 Å². The van der Waals surface area contributed by atoms with Gasteiger partial charge in [-0.1, -0.05) is 22.0 Å². The van der Waals surface area contributed by atoms with Crippen LogP contribution in [-0.4, -0.2) is 24.1 Å². The summed E-state index contributed by atoms with van der Waals surface area (Å²) in [6.45, 7) is 1.66. The second-order valence-electron chi connectivity index (χ2n) is 6.06. The standard InChI is InChI=1S/C13H19BrF4N2/c1-12(9-5-8(14)2-3-10(9)15)6-7(13(16,17)18)4-11(19)20-12/h2,7,9-11,20H,3-6,19H2,1H3/t7?,9?,10-,11?,12?/m0/s1. The molecule has 4 unspecified atom stereocenters. The molecule has 2 nitrogen and oxygen atoms in total. The number of nitrogens with two attached hydrogens (primary N) is 1. The van der Waals surface area contributed by atoms with E-state index in [4.69, 9.17) is 5.73 Å². The van der Waals surface area contributed by atoms with Crippen molar-refractivity contribution in [1.82, 2.24) is 5.32 Å². The van der Waals surface area contributed by atoms with Gasteiger partial charge in [-0.05, 0) is 37.1 Å². The molecule has 1 heterocycles. The summed E-state index contributed by atoms with van der Waals surface area (Å²) in [6.07, 6.45) is -4.08. The molecule has 7 heteroatoms. The van der Waals surface area contributed by atoms with E-state index in [2.05, 4.69) is 21.2 Å². The van der Waals surface area contributed by atoms with Crippen LogP contribution in [0.15, 0.2) is 10.6 Å². The van der Waals surface area contributed by atoms with Gasteiger partial charge in [0.2, 0.25) is 0 Å². The number of allylic oxidation sites excluding steroid dienone is 2. The van der Waals surface area contributed by atoms with E-state index in [1.54, 1.807) is 13.0 Å². The van der Waals surface area contributed by atoms with Crippen molar-refractivity contribution >= 4 is 15.9 Å². The Bertz CT molecular complexity index is 398. The third kappa shape index (κ3) is 3.36. The Hall–Kier alpha value is -0.140. The topological polar surface area (TPSA) is 38.0 Å². The van der Waals surface area contributed by atoms with Gasteiger partial charge in [0.1, 0.15) is 6.17 Å². The molecule has 0 spiro atoms. The van der Waals surface area contributed by atoms with E-state index in [1.807, 2.05) is 0 Å². The van der Waals surface area contributed by atoms with Gasteiger partial charge in [0, 0.05) is 11.5 Å². The first-order valence-electron chi connectivity index (χ1n) is 6.70. The highest BCUT2D eigenvalue weighted by Gasteiger charge is 2.52. The van der Waals surface area contributed by atoms with Crippen LogP contribution < -0.4 is 11.1 Å². The summed E-state index contributed by atoms with van der Waals surface area (Å²) in [5.41, 5.74) is 4.78. The summed E-state index contributed by atoms with van der Waals surface area (Å²) in [5, 5.41) is 3.01. The predicted molar refractivity (Wildman–Crippen MR) is 72.9 cm³/mol. The minimum atomic E-state index is -4.28. The molecule has 1 fully saturated rings. The Morgan fingerprint density at radius 3 is 2.70 bits per heavy atom. The third-order valence-electron chi connectivity index (χ3n) is 4.42. The first-order valence-corrected chi connectivity index (χ1v) is 7.50. The molecule has 20 heavy (non-hydrogen) atoms. The molecule has 5 atom stereocenters. The maximum atomic E-state index is 14.2. The Kier molecular flexibility index (Phi) is 4.52. The largest absolute Gasteiger partial charge is 0.391 e. The fraction of sp³-hybridized carbons (Fsp3) is 0.846. The smallest absolute Gasteiger partial charge is 0.316 e. The number of hydrogen-bond acceptors (Lipinski definition) is 2. The molecular weight excluding hydrogens is 340 g/mol. The Balaban J connectivity index is 2.22. The normalized spacial score (nSPS) is 43.2. The van der Waals surface area contributed by atoms with Crippen molar-refractivity contribution in [3.63, 3.8) is 0 Å². The maximum Gasteiger partial charge on any atom is 0.391 e. The molecule has 1 aliphatic heterocycles. The van der Waals surface area contributed by atoms with Gasteiger partial charge in [-0.25, -0.2) is 4.39 Å². The first kappa shape index (κ1) is 16.2. The van der Waals surface area contributed by atoms with Crippen LogP contribution in [0.4, 0.5) is 17.6 Å². The zero-order valence-electron chi connectivity index (χ0n) is 11.2. The maximum absolute atomic E-state index is 14.2. The van der Waals surface area contributed by atoms with Crippen LogP contribution in [0.3, 0.4) is 0 Å². The molecule has 1 aliphatic carbocycles. The SMILES string of the molecule is CC1(C2CC(Br)=CC[C@@H]2F)CC(C(F)(F)F)CC(N)N1. The van der Waals surface area contributed by atoms with Crippen LogP contribution in [0, 0.1) is 11.8 Å². The van der Waals surface area contributed by atoms with Crippen LogP contribution in [-0.2, 0) is 0 Å². The van der Waals surface area contributed by atoms with Gasteiger partial charge in [-0.2, -0.15) is 13.2 Å². The summed E-state index contributed by atoms with van der Waals surface area (Å²) in [5.74, 6) is -1.97. The van der Waals surface area contributed by atoms with Crippen molar-refractivity contribution in [2.24, 2.45) is 17.6 Å². The summed E-state index contributed by atoms with van der Waals surface area (Å²) in [7, 11) is 0. The van der Waals surface area contributed by atoms with Crippen LogP contribution >= 0.6 is 15.9 Å². The molecule has 0 amide bonds. The molecule has 1 saturated heterocycles. The van der Waals surface area contributed by atoms with Crippen LogP contribution in [0.2, 0.25) is 0 Å². The zero-order valence-corrected chi connectivity index (χ0v) is 12.8. The molecule has 116 valence electrons. The number of halogens is 5. The third-order valence-corrected chi connectivity index (χ3v) is 5.07. The molecule has 0 aromatic heterocycles. The summed E-state index contributed by atoms with van der Waals surface area (Å²) in [4.78, 5) is 0. The second-order valence-corrected chi connectivity index (χ2v) is 7.08. The lowest BCUT2D eigenvalue weighted by Gasteiger charge is -2.49. The average molecular weight is 359 g/mol.